The Morgan fingerprint density at radius 2 is 1.95 bits per heavy atom. The molecule has 0 aromatic carbocycles. The first-order valence-corrected chi connectivity index (χ1v) is 7.57. The summed E-state index contributed by atoms with van der Waals surface area (Å²) in [6.45, 7) is 5.28. The van der Waals surface area contributed by atoms with Gasteiger partial charge in [0.2, 0.25) is 11.8 Å². The van der Waals surface area contributed by atoms with Crippen LogP contribution in [0, 0.1) is 0 Å². The molecule has 0 aromatic rings. The minimum atomic E-state index is -0.461. The summed E-state index contributed by atoms with van der Waals surface area (Å²) >= 11 is 0. The lowest BCUT2D eigenvalue weighted by atomic mass is 10.1. The summed E-state index contributed by atoms with van der Waals surface area (Å²) in [6, 6.07) is -0.461. The second kappa shape index (κ2) is 7.59. The van der Waals surface area contributed by atoms with Gasteiger partial charge in [-0.15, -0.1) is 0 Å². The molecule has 0 spiro atoms. The maximum Gasteiger partial charge on any atom is 0.246 e. The number of carbonyl (C=O) groups is 2. The number of piperidine rings is 1. The molecular formula is C14H25N3O3. The number of hydrogen-bond acceptors (Lipinski definition) is 4. The molecule has 2 aliphatic rings. The van der Waals surface area contributed by atoms with Crippen molar-refractivity contribution in [1.82, 2.24) is 15.5 Å². The lowest BCUT2D eigenvalue weighted by Crippen LogP contribution is -2.47. The van der Waals surface area contributed by atoms with Crippen LogP contribution in [0.5, 0.6) is 0 Å². The molecule has 6 heteroatoms. The number of ether oxygens (including phenoxy) is 1. The van der Waals surface area contributed by atoms with E-state index >= 15 is 0 Å². The summed E-state index contributed by atoms with van der Waals surface area (Å²) in [4.78, 5) is 25.7. The van der Waals surface area contributed by atoms with Crippen LogP contribution < -0.4 is 10.6 Å². The third kappa shape index (κ3) is 4.45. The predicted octanol–water partition coefficient (Wildman–Crippen LogP) is -0.118. The minimum absolute atomic E-state index is 0.0118. The topological polar surface area (TPSA) is 70.7 Å². The van der Waals surface area contributed by atoms with Gasteiger partial charge in [-0.3, -0.25) is 9.59 Å². The summed E-state index contributed by atoms with van der Waals surface area (Å²) in [5.74, 6) is -0.193. The zero-order valence-corrected chi connectivity index (χ0v) is 12.2. The molecule has 0 aliphatic carbocycles. The van der Waals surface area contributed by atoms with E-state index in [4.69, 9.17) is 4.74 Å². The summed E-state index contributed by atoms with van der Waals surface area (Å²) in [5.41, 5.74) is 0. The van der Waals surface area contributed by atoms with Crippen molar-refractivity contribution < 1.29 is 14.3 Å². The van der Waals surface area contributed by atoms with Crippen molar-refractivity contribution in [3.05, 3.63) is 0 Å². The Balaban J connectivity index is 1.66. The van der Waals surface area contributed by atoms with E-state index in [0.29, 0.717) is 0 Å². The number of nitrogens with one attached hydrogen (secondary N) is 2. The molecule has 6 nitrogen and oxygen atoms in total. The van der Waals surface area contributed by atoms with Crippen molar-refractivity contribution >= 4 is 11.8 Å². The number of nitrogens with zero attached hydrogens (tertiary/aromatic N) is 1. The standard InChI is InChI=1S/C14H25N3O3/c1-11(14(19)17-8-2-3-9-17)16-13(18)10-20-12-4-6-15-7-5-12/h11-12,15H,2-10H2,1H3,(H,16,18). The van der Waals surface area contributed by atoms with Gasteiger partial charge in [0.25, 0.3) is 0 Å². The largest absolute Gasteiger partial charge is 0.368 e. The van der Waals surface area contributed by atoms with Crippen LogP contribution in [-0.4, -0.2) is 61.6 Å². The quantitative estimate of drug-likeness (QED) is 0.738. The Kier molecular flexibility index (Phi) is 5.79. The lowest BCUT2D eigenvalue weighted by Gasteiger charge is -2.24. The Bertz CT molecular complexity index is 337. The predicted molar refractivity (Wildman–Crippen MR) is 75.3 cm³/mol. The number of carbonyl (C=O) groups excluding carboxylic acids is 2. The van der Waals surface area contributed by atoms with Crippen molar-refractivity contribution in [2.75, 3.05) is 32.8 Å². The Hall–Kier alpha value is -1.14. The first-order valence-electron chi connectivity index (χ1n) is 7.57. The van der Waals surface area contributed by atoms with Crippen molar-refractivity contribution in [1.29, 1.82) is 0 Å². The highest BCUT2D eigenvalue weighted by atomic mass is 16.5. The van der Waals surface area contributed by atoms with Crippen LogP contribution in [0.3, 0.4) is 0 Å². The molecule has 114 valence electrons. The molecule has 20 heavy (non-hydrogen) atoms. The highest BCUT2D eigenvalue weighted by Crippen LogP contribution is 2.09. The molecule has 0 radical (unpaired) electrons. The fourth-order valence-corrected chi connectivity index (χ4v) is 2.71. The van der Waals surface area contributed by atoms with E-state index in [1.54, 1.807) is 6.92 Å². The highest BCUT2D eigenvalue weighted by molar-refractivity contribution is 5.87. The lowest BCUT2D eigenvalue weighted by molar-refractivity contribution is -0.137. The van der Waals surface area contributed by atoms with Crippen LogP contribution in [0.25, 0.3) is 0 Å². The Morgan fingerprint density at radius 1 is 1.30 bits per heavy atom. The molecule has 2 N–H and O–H groups in total. The van der Waals surface area contributed by atoms with E-state index in [-0.39, 0.29) is 24.5 Å². The molecule has 2 rings (SSSR count). The summed E-state index contributed by atoms with van der Waals surface area (Å²) in [5, 5.41) is 5.98. The second-order valence-electron chi connectivity index (χ2n) is 5.58. The van der Waals surface area contributed by atoms with Gasteiger partial charge in [-0.1, -0.05) is 0 Å². The van der Waals surface area contributed by atoms with E-state index in [1.807, 2.05) is 4.90 Å². The maximum atomic E-state index is 12.0. The van der Waals surface area contributed by atoms with E-state index in [2.05, 4.69) is 10.6 Å². The van der Waals surface area contributed by atoms with Crippen molar-refractivity contribution in [3.63, 3.8) is 0 Å². The normalized spacial score (nSPS) is 21.8. The molecule has 2 aliphatic heterocycles. The van der Waals surface area contributed by atoms with Gasteiger partial charge in [-0.05, 0) is 45.7 Å². The molecule has 0 aromatic heterocycles. The molecule has 2 heterocycles. The summed E-state index contributed by atoms with van der Waals surface area (Å²) in [6.07, 6.45) is 4.16. The smallest absolute Gasteiger partial charge is 0.246 e. The second-order valence-corrected chi connectivity index (χ2v) is 5.58. The SMILES string of the molecule is CC(NC(=O)COC1CCNCC1)C(=O)N1CCCC1. The highest BCUT2D eigenvalue weighted by Gasteiger charge is 2.24. The zero-order valence-electron chi connectivity index (χ0n) is 12.2. The zero-order chi connectivity index (χ0) is 14.4. The maximum absolute atomic E-state index is 12.0. The van der Waals surface area contributed by atoms with E-state index < -0.39 is 6.04 Å². The average molecular weight is 283 g/mol. The van der Waals surface area contributed by atoms with Crippen LogP contribution in [0.2, 0.25) is 0 Å². The van der Waals surface area contributed by atoms with Crippen LogP contribution in [0.4, 0.5) is 0 Å². The Morgan fingerprint density at radius 3 is 2.60 bits per heavy atom. The van der Waals surface area contributed by atoms with E-state index in [9.17, 15) is 9.59 Å². The van der Waals surface area contributed by atoms with Gasteiger partial charge >= 0.3 is 0 Å². The molecule has 1 unspecified atom stereocenters. The number of amides is 2. The first-order chi connectivity index (χ1) is 9.66. The van der Waals surface area contributed by atoms with Gasteiger partial charge in [0, 0.05) is 13.1 Å². The van der Waals surface area contributed by atoms with Gasteiger partial charge in [-0.25, -0.2) is 0 Å². The molecule has 1 atom stereocenters. The van der Waals surface area contributed by atoms with Gasteiger partial charge in [-0.2, -0.15) is 0 Å². The van der Waals surface area contributed by atoms with Crippen LogP contribution >= 0.6 is 0 Å². The van der Waals surface area contributed by atoms with Crippen molar-refractivity contribution in [2.24, 2.45) is 0 Å². The number of likely N-dealkylation sites (tertiary alicyclic amines) is 1. The molecule has 2 fully saturated rings. The summed E-state index contributed by atoms with van der Waals surface area (Å²) in [7, 11) is 0. The van der Waals surface area contributed by atoms with E-state index in [1.165, 1.54) is 0 Å². The number of rotatable bonds is 5. The van der Waals surface area contributed by atoms with Gasteiger partial charge in [0.05, 0.1) is 6.10 Å². The third-order valence-corrected chi connectivity index (χ3v) is 3.90. The minimum Gasteiger partial charge on any atom is -0.368 e. The average Bonchev–Trinajstić information content (AvgIpc) is 2.99. The molecule has 2 amide bonds. The van der Waals surface area contributed by atoms with Crippen LogP contribution in [-0.2, 0) is 14.3 Å². The molecule has 2 saturated heterocycles. The fraction of sp³-hybridized carbons (Fsp3) is 0.857. The van der Waals surface area contributed by atoms with Crippen LogP contribution in [0.1, 0.15) is 32.6 Å². The molecule has 0 bridgehead atoms. The van der Waals surface area contributed by atoms with Crippen molar-refractivity contribution in [3.8, 4) is 0 Å². The third-order valence-electron chi connectivity index (χ3n) is 3.90. The monoisotopic (exact) mass is 283 g/mol. The van der Waals surface area contributed by atoms with Crippen molar-refractivity contribution in [2.45, 2.75) is 44.8 Å². The fourth-order valence-electron chi connectivity index (χ4n) is 2.71. The number of hydrogen-bond donors (Lipinski definition) is 2. The molecule has 0 saturated carbocycles. The Labute approximate surface area is 120 Å². The van der Waals surface area contributed by atoms with Gasteiger partial charge < -0.3 is 20.3 Å². The van der Waals surface area contributed by atoms with Gasteiger partial charge in [0.1, 0.15) is 12.6 Å². The van der Waals surface area contributed by atoms with Crippen LogP contribution in [0.15, 0.2) is 0 Å². The molecular weight excluding hydrogens is 258 g/mol. The first kappa shape index (κ1) is 15.3. The van der Waals surface area contributed by atoms with E-state index in [0.717, 1.165) is 51.9 Å². The van der Waals surface area contributed by atoms with Gasteiger partial charge in [0.15, 0.2) is 0 Å². The summed E-state index contributed by atoms with van der Waals surface area (Å²) < 4.78 is 5.57.